The first kappa shape index (κ1) is 20.2. The van der Waals surface area contributed by atoms with Gasteiger partial charge in [0, 0.05) is 35.5 Å². The van der Waals surface area contributed by atoms with Crippen molar-refractivity contribution in [2.45, 2.75) is 31.8 Å². The Kier molecular flexibility index (Phi) is 6.79. The lowest BCUT2D eigenvalue weighted by atomic mass is 10.1. The standard InChI is InChI=1S/C21H24ClFN2OS/c1-15(2)24(13-16-6-5-7-17(23)12-16)14-20(26)25-10-11-27-21(25)18-8-3-4-9-19(18)22/h3-9,12,15,21H,10-11,13-14H2,1-2H3. The lowest BCUT2D eigenvalue weighted by molar-refractivity contribution is -0.133. The maximum atomic E-state index is 13.5. The molecule has 3 rings (SSSR count). The summed E-state index contributed by atoms with van der Waals surface area (Å²) in [5.74, 6) is 0.722. The first-order chi connectivity index (χ1) is 13.0. The summed E-state index contributed by atoms with van der Waals surface area (Å²) in [5.41, 5.74) is 1.85. The van der Waals surface area contributed by atoms with Crippen LogP contribution in [0.25, 0.3) is 0 Å². The molecule has 1 heterocycles. The zero-order chi connectivity index (χ0) is 19.4. The minimum Gasteiger partial charge on any atom is -0.325 e. The number of thioether (sulfide) groups is 1. The number of carbonyl (C=O) groups is 1. The number of hydrogen-bond acceptors (Lipinski definition) is 3. The van der Waals surface area contributed by atoms with Crippen molar-refractivity contribution in [3.63, 3.8) is 0 Å². The fourth-order valence-corrected chi connectivity index (χ4v) is 4.83. The van der Waals surface area contributed by atoms with Gasteiger partial charge >= 0.3 is 0 Å². The van der Waals surface area contributed by atoms with Crippen LogP contribution in [0.1, 0.15) is 30.3 Å². The van der Waals surface area contributed by atoms with E-state index in [9.17, 15) is 9.18 Å². The number of hydrogen-bond donors (Lipinski definition) is 0. The highest BCUT2D eigenvalue weighted by atomic mass is 35.5. The molecule has 0 radical (unpaired) electrons. The molecule has 1 fully saturated rings. The number of carbonyl (C=O) groups excluding carboxylic acids is 1. The average Bonchev–Trinajstić information content (AvgIpc) is 3.11. The van der Waals surface area contributed by atoms with E-state index in [2.05, 4.69) is 18.7 Å². The van der Waals surface area contributed by atoms with Gasteiger partial charge in [0.1, 0.15) is 11.2 Å². The predicted octanol–water partition coefficient (Wildman–Crippen LogP) is 4.96. The van der Waals surface area contributed by atoms with Gasteiger partial charge in [0.25, 0.3) is 0 Å². The summed E-state index contributed by atoms with van der Waals surface area (Å²) < 4.78 is 13.5. The smallest absolute Gasteiger partial charge is 0.237 e. The number of benzene rings is 2. The highest BCUT2D eigenvalue weighted by Crippen LogP contribution is 2.40. The van der Waals surface area contributed by atoms with Gasteiger partial charge in [-0.3, -0.25) is 9.69 Å². The van der Waals surface area contributed by atoms with Gasteiger partial charge in [0.15, 0.2) is 0 Å². The first-order valence-electron chi connectivity index (χ1n) is 9.09. The van der Waals surface area contributed by atoms with Crippen molar-refractivity contribution in [2.75, 3.05) is 18.8 Å². The average molecular weight is 407 g/mol. The van der Waals surface area contributed by atoms with Crippen LogP contribution in [0.15, 0.2) is 48.5 Å². The Hall–Kier alpha value is -1.56. The van der Waals surface area contributed by atoms with E-state index in [4.69, 9.17) is 11.6 Å². The fourth-order valence-electron chi connectivity index (χ4n) is 3.21. The summed E-state index contributed by atoms with van der Waals surface area (Å²) in [7, 11) is 0. The molecular formula is C21H24ClFN2OS. The van der Waals surface area contributed by atoms with Gasteiger partial charge in [-0.15, -0.1) is 11.8 Å². The van der Waals surface area contributed by atoms with E-state index in [0.717, 1.165) is 16.9 Å². The third kappa shape index (κ3) is 5.03. The van der Waals surface area contributed by atoms with Crippen molar-refractivity contribution in [1.29, 1.82) is 0 Å². The van der Waals surface area contributed by atoms with Gasteiger partial charge in [-0.1, -0.05) is 41.9 Å². The van der Waals surface area contributed by atoms with Gasteiger partial charge < -0.3 is 4.90 Å². The quantitative estimate of drug-likeness (QED) is 0.677. The van der Waals surface area contributed by atoms with Gasteiger partial charge in [0.05, 0.1) is 6.54 Å². The van der Waals surface area contributed by atoms with Crippen LogP contribution in [0.3, 0.4) is 0 Å². The monoisotopic (exact) mass is 406 g/mol. The molecule has 27 heavy (non-hydrogen) atoms. The molecule has 0 N–H and O–H groups in total. The van der Waals surface area contributed by atoms with E-state index >= 15 is 0 Å². The molecule has 1 saturated heterocycles. The normalized spacial score (nSPS) is 17.1. The highest BCUT2D eigenvalue weighted by molar-refractivity contribution is 7.99. The molecule has 2 aromatic rings. The molecule has 0 aromatic heterocycles. The zero-order valence-corrected chi connectivity index (χ0v) is 17.1. The molecule has 6 heteroatoms. The molecule has 3 nitrogen and oxygen atoms in total. The maximum absolute atomic E-state index is 13.5. The number of amides is 1. The van der Waals surface area contributed by atoms with E-state index in [1.54, 1.807) is 17.8 Å². The van der Waals surface area contributed by atoms with Gasteiger partial charge in [0.2, 0.25) is 5.91 Å². The van der Waals surface area contributed by atoms with Crippen LogP contribution >= 0.6 is 23.4 Å². The SMILES string of the molecule is CC(C)N(CC(=O)N1CCSC1c1ccccc1Cl)Cc1cccc(F)c1. The van der Waals surface area contributed by atoms with Gasteiger partial charge in [-0.25, -0.2) is 4.39 Å². The second kappa shape index (κ2) is 9.09. The summed E-state index contributed by atoms with van der Waals surface area (Å²) in [5, 5.41) is 0.643. The summed E-state index contributed by atoms with van der Waals surface area (Å²) in [4.78, 5) is 17.0. The summed E-state index contributed by atoms with van der Waals surface area (Å²) in [6, 6.07) is 14.4. The minimum absolute atomic E-state index is 0.0469. The van der Waals surface area contributed by atoms with Crippen molar-refractivity contribution in [1.82, 2.24) is 9.80 Å². The Balaban J connectivity index is 1.72. The van der Waals surface area contributed by atoms with Crippen molar-refractivity contribution in [2.24, 2.45) is 0 Å². The zero-order valence-electron chi connectivity index (χ0n) is 15.6. The molecular weight excluding hydrogens is 383 g/mol. The fraction of sp³-hybridized carbons (Fsp3) is 0.381. The van der Waals surface area contributed by atoms with Crippen LogP contribution in [-0.4, -0.2) is 40.6 Å². The first-order valence-corrected chi connectivity index (χ1v) is 10.5. The van der Waals surface area contributed by atoms with E-state index in [0.29, 0.717) is 24.7 Å². The molecule has 1 aliphatic rings. The van der Waals surface area contributed by atoms with Crippen molar-refractivity contribution < 1.29 is 9.18 Å². The maximum Gasteiger partial charge on any atom is 0.237 e. The van der Waals surface area contributed by atoms with Crippen LogP contribution in [0.2, 0.25) is 5.02 Å². The van der Waals surface area contributed by atoms with Crippen LogP contribution in [0.4, 0.5) is 4.39 Å². The molecule has 0 aliphatic carbocycles. The molecule has 1 aliphatic heterocycles. The van der Waals surface area contributed by atoms with Crippen LogP contribution in [0.5, 0.6) is 0 Å². The topological polar surface area (TPSA) is 23.6 Å². The lowest BCUT2D eigenvalue weighted by Crippen LogP contribution is -2.42. The number of nitrogens with zero attached hydrogens (tertiary/aromatic N) is 2. The molecule has 144 valence electrons. The number of rotatable bonds is 6. The molecule has 2 aromatic carbocycles. The molecule has 1 amide bonds. The molecule has 0 saturated carbocycles. The second-order valence-corrected chi connectivity index (χ2v) is 8.56. The summed E-state index contributed by atoms with van der Waals surface area (Å²) in [6.07, 6.45) is 0. The van der Waals surface area contributed by atoms with Crippen LogP contribution in [0, 0.1) is 5.82 Å². The Morgan fingerprint density at radius 3 is 2.78 bits per heavy atom. The summed E-state index contributed by atoms with van der Waals surface area (Å²) in [6.45, 7) is 5.66. The number of halogens is 2. The van der Waals surface area contributed by atoms with Gasteiger partial charge in [-0.2, -0.15) is 0 Å². The highest BCUT2D eigenvalue weighted by Gasteiger charge is 2.32. The van der Waals surface area contributed by atoms with Crippen molar-refractivity contribution in [3.8, 4) is 0 Å². The van der Waals surface area contributed by atoms with Crippen LogP contribution < -0.4 is 0 Å². The van der Waals surface area contributed by atoms with E-state index in [-0.39, 0.29) is 23.1 Å². The van der Waals surface area contributed by atoms with E-state index in [1.165, 1.54) is 12.1 Å². The molecule has 1 unspecified atom stereocenters. The lowest BCUT2D eigenvalue weighted by Gasteiger charge is -2.30. The Labute approximate surface area is 169 Å². The Morgan fingerprint density at radius 1 is 1.30 bits per heavy atom. The van der Waals surface area contributed by atoms with Gasteiger partial charge in [-0.05, 0) is 37.6 Å². The minimum atomic E-state index is -0.253. The third-order valence-corrected chi connectivity index (χ3v) is 6.31. The van der Waals surface area contributed by atoms with Crippen LogP contribution in [-0.2, 0) is 11.3 Å². The van der Waals surface area contributed by atoms with E-state index < -0.39 is 0 Å². The van der Waals surface area contributed by atoms with E-state index in [1.807, 2.05) is 35.2 Å². The largest absolute Gasteiger partial charge is 0.325 e. The van der Waals surface area contributed by atoms with Crippen molar-refractivity contribution in [3.05, 3.63) is 70.5 Å². The van der Waals surface area contributed by atoms with Crippen molar-refractivity contribution >= 4 is 29.3 Å². The molecule has 1 atom stereocenters. The third-order valence-electron chi connectivity index (χ3n) is 4.73. The Morgan fingerprint density at radius 2 is 2.07 bits per heavy atom. The molecule has 0 bridgehead atoms. The second-order valence-electron chi connectivity index (χ2n) is 6.96. The molecule has 0 spiro atoms. The predicted molar refractivity (Wildman–Crippen MR) is 110 cm³/mol. The Bertz CT molecular complexity index is 801. The summed E-state index contributed by atoms with van der Waals surface area (Å²) >= 11 is 8.10.